The van der Waals surface area contributed by atoms with Crippen molar-refractivity contribution in [3.63, 3.8) is 0 Å². The van der Waals surface area contributed by atoms with Crippen LogP contribution in [0.1, 0.15) is 16.8 Å². The molecule has 0 N–H and O–H groups in total. The summed E-state index contributed by atoms with van der Waals surface area (Å²) in [6.45, 7) is 2.29. The molecule has 0 aliphatic carbocycles. The van der Waals surface area contributed by atoms with Crippen LogP contribution in [0.4, 0.5) is 4.39 Å². The first-order chi connectivity index (χ1) is 14.7. The predicted octanol–water partition coefficient (Wildman–Crippen LogP) is 4.60. The van der Waals surface area contributed by atoms with Crippen LogP contribution in [0.3, 0.4) is 0 Å². The summed E-state index contributed by atoms with van der Waals surface area (Å²) in [5.74, 6) is 0.615. The average molecular weight is 400 g/mol. The average Bonchev–Trinajstić information content (AvgIpc) is 3.16. The number of methoxy groups -OCH3 is 1. The Morgan fingerprint density at radius 3 is 2.60 bits per heavy atom. The summed E-state index contributed by atoms with van der Waals surface area (Å²) in [4.78, 5) is 2.36. The molecule has 1 aliphatic rings. The van der Waals surface area contributed by atoms with Gasteiger partial charge < -0.3 is 4.74 Å². The van der Waals surface area contributed by atoms with E-state index < -0.39 is 0 Å². The molecule has 4 aromatic rings. The second-order valence-electron chi connectivity index (χ2n) is 7.48. The van der Waals surface area contributed by atoms with Gasteiger partial charge in [0.25, 0.3) is 0 Å². The zero-order valence-electron chi connectivity index (χ0n) is 16.6. The first kappa shape index (κ1) is 18.5. The van der Waals surface area contributed by atoms with Crippen LogP contribution in [0.25, 0.3) is 16.8 Å². The molecule has 0 spiro atoms. The van der Waals surface area contributed by atoms with E-state index in [4.69, 9.17) is 4.74 Å². The normalized spacial score (nSPS) is 13.4. The first-order valence-electron chi connectivity index (χ1n) is 9.84. The molecule has 150 valence electrons. The van der Waals surface area contributed by atoms with Crippen molar-refractivity contribution in [1.82, 2.24) is 19.9 Å². The van der Waals surface area contributed by atoms with Crippen molar-refractivity contribution in [3.8, 4) is 22.6 Å². The Morgan fingerprint density at radius 1 is 0.967 bits per heavy atom. The van der Waals surface area contributed by atoms with Gasteiger partial charge in [0.05, 0.1) is 24.7 Å². The van der Waals surface area contributed by atoms with E-state index in [1.165, 1.54) is 11.6 Å². The Morgan fingerprint density at radius 2 is 1.80 bits per heavy atom. The second-order valence-corrected chi connectivity index (χ2v) is 7.48. The number of aromatic nitrogens is 3. The Bertz CT molecular complexity index is 1190. The van der Waals surface area contributed by atoms with Crippen LogP contribution < -0.4 is 4.74 Å². The minimum Gasteiger partial charge on any atom is -0.497 e. The van der Waals surface area contributed by atoms with Crippen molar-refractivity contribution >= 4 is 0 Å². The molecule has 6 heteroatoms. The first-order valence-corrected chi connectivity index (χ1v) is 9.84. The van der Waals surface area contributed by atoms with Gasteiger partial charge in [-0.2, -0.15) is 0 Å². The fraction of sp³-hybridized carbons (Fsp3) is 0.167. The van der Waals surface area contributed by atoms with E-state index in [1.54, 1.807) is 19.2 Å². The van der Waals surface area contributed by atoms with Crippen LogP contribution in [0.5, 0.6) is 5.75 Å². The molecule has 30 heavy (non-hydrogen) atoms. The number of hydrogen-bond donors (Lipinski definition) is 0. The lowest BCUT2D eigenvalue weighted by atomic mass is 10.0. The largest absolute Gasteiger partial charge is 0.497 e. The molecule has 0 radical (unpaired) electrons. The van der Waals surface area contributed by atoms with E-state index in [0.29, 0.717) is 0 Å². The molecule has 0 unspecified atom stereocenters. The third-order valence-electron chi connectivity index (χ3n) is 5.43. The van der Waals surface area contributed by atoms with Crippen molar-refractivity contribution in [1.29, 1.82) is 0 Å². The molecule has 0 amide bonds. The second kappa shape index (κ2) is 7.72. The third-order valence-corrected chi connectivity index (χ3v) is 5.43. The highest BCUT2D eigenvalue weighted by Gasteiger charge is 2.21. The van der Waals surface area contributed by atoms with Crippen LogP contribution in [0, 0.1) is 5.82 Å². The lowest BCUT2D eigenvalue weighted by Gasteiger charge is -2.20. The van der Waals surface area contributed by atoms with Gasteiger partial charge in [0.15, 0.2) is 0 Å². The maximum absolute atomic E-state index is 13.7. The minimum absolute atomic E-state index is 0.234. The van der Waals surface area contributed by atoms with Gasteiger partial charge in [0.2, 0.25) is 0 Å². The van der Waals surface area contributed by atoms with Crippen molar-refractivity contribution in [3.05, 3.63) is 95.6 Å². The molecule has 5 nitrogen and oxygen atoms in total. The number of ether oxygens (including phenoxy) is 1. The van der Waals surface area contributed by atoms with E-state index in [-0.39, 0.29) is 5.82 Å². The van der Waals surface area contributed by atoms with Gasteiger partial charge >= 0.3 is 0 Å². The maximum atomic E-state index is 13.7. The zero-order chi connectivity index (χ0) is 20.5. The highest BCUT2D eigenvalue weighted by molar-refractivity contribution is 5.66. The van der Waals surface area contributed by atoms with Crippen LogP contribution in [-0.2, 0) is 19.6 Å². The van der Waals surface area contributed by atoms with E-state index in [9.17, 15) is 4.39 Å². The lowest BCUT2D eigenvalue weighted by Crippen LogP contribution is -2.21. The van der Waals surface area contributed by atoms with E-state index in [1.807, 2.05) is 41.2 Å². The smallest absolute Gasteiger partial charge is 0.123 e. The van der Waals surface area contributed by atoms with Crippen LogP contribution in [-0.4, -0.2) is 27.0 Å². The summed E-state index contributed by atoms with van der Waals surface area (Å²) in [7, 11) is 1.67. The van der Waals surface area contributed by atoms with Gasteiger partial charge in [-0.15, -0.1) is 5.10 Å². The summed E-state index contributed by atoms with van der Waals surface area (Å²) >= 11 is 0. The maximum Gasteiger partial charge on any atom is 0.123 e. The molecule has 0 fully saturated rings. The fourth-order valence-corrected chi connectivity index (χ4v) is 3.96. The number of fused-ring (bicyclic) bond motifs is 3. The zero-order valence-corrected chi connectivity index (χ0v) is 16.6. The molecule has 0 bridgehead atoms. The number of halogens is 1. The number of benzene rings is 3. The Labute approximate surface area is 174 Å². The molecule has 5 rings (SSSR count). The van der Waals surface area contributed by atoms with Gasteiger partial charge in [0, 0.05) is 19.6 Å². The molecule has 1 aliphatic heterocycles. The van der Waals surface area contributed by atoms with E-state index in [0.717, 1.165) is 53.5 Å². The summed E-state index contributed by atoms with van der Waals surface area (Å²) in [6.07, 6.45) is 1.82. The Hall–Kier alpha value is -3.51. The summed E-state index contributed by atoms with van der Waals surface area (Å²) in [5, 5.41) is 8.42. The minimum atomic E-state index is -0.234. The number of nitrogens with zero attached hydrogens (tertiary/aromatic N) is 4. The number of rotatable bonds is 4. The summed E-state index contributed by atoms with van der Waals surface area (Å²) < 4.78 is 20.9. The standard InChI is InChI=1S/C24H21FN4O/c1-30-23-8-5-17(6-9-23)14-28-15-20-11-19(18-3-2-4-21(25)12-18)7-10-24(20)29-22(16-28)13-26-27-29/h2-13H,14-16H2,1H3. The fourth-order valence-electron chi connectivity index (χ4n) is 3.96. The highest BCUT2D eigenvalue weighted by Crippen LogP contribution is 2.29. The van der Waals surface area contributed by atoms with Crippen LogP contribution in [0.2, 0.25) is 0 Å². The molecular weight excluding hydrogens is 379 g/mol. The molecule has 0 saturated carbocycles. The van der Waals surface area contributed by atoms with Crippen LogP contribution >= 0.6 is 0 Å². The molecule has 0 saturated heterocycles. The van der Waals surface area contributed by atoms with E-state index >= 15 is 0 Å². The lowest BCUT2D eigenvalue weighted by molar-refractivity contribution is 0.248. The molecule has 0 atom stereocenters. The third kappa shape index (κ3) is 3.57. The van der Waals surface area contributed by atoms with Gasteiger partial charge in [-0.3, -0.25) is 4.90 Å². The van der Waals surface area contributed by atoms with Gasteiger partial charge in [-0.05, 0) is 58.7 Å². The van der Waals surface area contributed by atoms with Crippen molar-refractivity contribution < 1.29 is 9.13 Å². The SMILES string of the molecule is COc1ccc(CN2Cc3cc(-c4cccc(F)c4)ccc3-n3nncc3C2)cc1. The van der Waals surface area contributed by atoms with Gasteiger partial charge in [-0.1, -0.05) is 35.5 Å². The Balaban J connectivity index is 1.51. The monoisotopic (exact) mass is 400 g/mol. The van der Waals surface area contributed by atoms with Crippen LogP contribution in [0.15, 0.2) is 72.9 Å². The predicted molar refractivity (Wildman–Crippen MR) is 113 cm³/mol. The van der Waals surface area contributed by atoms with E-state index in [2.05, 4.69) is 33.4 Å². The molecule has 2 heterocycles. The quantitative estimate of drug-likeness (QED) is 0.502. The summed E-state index contributed by atoms with van der Waals surface area (Å²) in [6, 6.07) is 21.0. The van der Waals surface area contributed by atoms with Crippen molar-refractivity contribution in [2.75, 3.05) is 7.11 Å². The van der Waals surface area contributed by atoms with Gasteiger partial charge in [0.1, 0.15) is 11.6 Å². The molecule has 1 aromatic heterocycles. The number of hydrogen-bond acceptors (Lipinski definition) is 4. The topological polar surface area (TPSA) is 43.2 Å². The summed E-state index contributed by atoms with van der Waals surface area (Å²) in [5.41, 5.74) is 6.25. The molecular formula is C24H21FN4O. The molecule has 3 aromatic carbocycles. The highest BCUT2D eigenvalue weighted by atomic mass is 19.1. The van der Waals surface area contributed by atoms with Crippen molar-refractivity contribution in [2.45, 2.75) is 19.6 Å². The van der Waals surface area contributed by atoms with Crippen molar-refractivity contribution in [2.24, 2.45) is 0 Å². The Kier molecular flexibility index (Phi) is 4.77. The van der Waals surface area contributed by atoms with Gasteiger partial charge in [-0.25, -0.2) is 9.07 Å².